The lowest BCUT2D eigenvalue weighted by Gasteiger charge is -2.22. The summed E-state index contributed by atoms with van der Waals surface area (Å²) in [6, 6.07) is 4.12. The molecule has 0 saturated heterocycles. The first-order valence-corrected chi connectivity index (χ1v) is 7.15. The second-order valence-corrected chi connectivity index (χ2v) is 6.39. The van der Waals surface area contributed by atoms with Gasteiger partial charge in [0.1, 0.15) is 11.4 Å². The fourth-order valence-corrected chi connectivity index (χ4v) is 2.31. The van der Waals surface area contributed by atoms with Gasteiger partial charge in [0.2, 0.25) is 0 Å². The average molecular weight is 323 g/mol. The van der Waals surface area contributed by atoms with Crippen molar-refractivity contribution >= 4 is 34.2 Å². The first kappa shape index (κ1) is 16.2. The molecule has 2 rings (SSSR count). The Kier molecular flexibility index (Phi) is 4.37. The zero-order chi connectivity index (χ0) is 16.5. The largest absolute Gasteiger partial charge is 0.451 e. The van der Waals surface area contributed by atoms with E-state index in [1.54, 1.807) is 6.92 Å². The third-order valence-electron chi connectivity index (χ3n) is 2.88. The van der Waals surface area contributed by atoms with Crippen LogP contribution >= 0.6 is 12.2 Å². The topological polar surface area (TPSA) is 66.3 Å². The number of thiocarbonyl (C=S) groups is 1. The molecule has 1 amide bonds. The van der Waals surface area contributed by atoms with Crippen LogP contribution in [0.25, 0.3) is 11.0 Å². The lowest BCUT2D eigenvalue weighted by atomic mass is 10.1. The molecular formula is C15H18FN3O2S. The highest BCUT2D eigenvalue weighted by molar-refractivity contribution is 7.80. The predicted octanol–water partition coefficient (Wildman–Crippen LogP) is 2.79. The second kappa shape index (κ2) is 5.92. The fourth-order valence-electron chi connectivity index (χ4n) is 1.95. The van der Waals surface area contributed by atoms with Crippen LogP contribution in [-0.2, 0) is 0 Å². The van der Waals surface area contributed by atoms with E-state index in [2.05, 4.69) is 16.2 Å². The van der Waals surface area contributed by atoms with E-state index in [-0.39, 0.29) is 17.1 Å². The third kappa shape index (κ3) is 3.73. The van der Waals surface area contributed by atoms with Crippen LogP contribution in [0.15, 0.2) is 22.6 Å². The first-order chi connectivity index (χ1) is 10.2. The molecule has 1 heterocycles. The molecular weight excluding hydrogens is 305 g/mol. The quantitative estimate of drug-likeness (QED) is 0.556. The zero-order valence-electron chi connectivity index (χ0n) is 12.8. The van der Waals surface area contributed by atoms with E-state index in [4.69, 9.17) is 16.6 Å². The van der Waals surface area contributed by atoms with Crippen LogP contribution in [-0.4, -0.2) is 16.6 Å². The molecule has 0 radical (unpaired) electrons. The van der Waals surface area contributed by atoms with Crippen LogP contribution in [0.4, 0.5) is 4.39 Å². The van der Waals surface area contributed by atoms with Crippen molar-refractivity contribution in [3.63, 3.8) is 0 Å². The van der Waals surface area contributed by atoms with Gasteiger partial charge in [-0.2, -0.15) is 0 Å². The number of benzene rings is 1. The summed E-state index contributed by atoms with van der Waals surface area (Å²) in [5.41, 5.74) is 5.87. The standard InChI is InChI=1S/C15H18FN3O2S/c1-8-10-7-9(16)5-6-11(10)21-12(8)13(20)18-19-14(22)17-15(2,3)4/h5-7H,1-4H3,(H,18,20)(H2,17,19,22). The lowest BCUT2D eigenvalue weighted by molar-refractivity contribution is 0.0916. The third-order valence-corrected chi connectivity index (χ3v) is 3.09. The molecule has 118 valence electrons. The maximum Gasteiger partial charge on any atom is 0.305 e. The van der Waals surface area contributed by atoms with Gasteiger partial charge in [0, 0.05) is 16.5 Å². The van der Waals surface area contributed by atoms with Crippen LogP contribution in [0, 0.1) is 12.7 Å². The molecule has 1 aromatic carbocycles. The molecule has 0 spiro atoms. The minimum Gasteiger partial charge on any atom is -0.451 e. The van der Waals surface area contributed by atoms with Crippen molar-refractivity contribution in [2.24, 2.45) is 0 Å². The summed E-state index contributed by atoms with van der Waals surface area (Å²) in [6.45, 7) is 7.54. The Bertz CT molecular complexity index is 734. The van der Waals surface area contributed by atoms with Crippen molar-refractivity contribution in [3.05, 3.63) is 35.3 Å². The minimum absolute atomic E-state index is 0.117. The number of rotatable bonds is 1. The second-order valence-electron chi connectivity index (χ2n) is 5.98. The summed E-state index contributed by atoms with van der Waals surface area (Å²) in [5, 5.41) is 3.86. The summed E-state index contributed by atoms with van der Waals surface area (Å²) >= 11 is 5.07. The number of hydrogen-bond acceptors (Lipinski definition) is 3. The number of nitrogens with one attached hydrogen (secondary N) is 3. The van der Waals surface area contributed by atoms with Crippen LogP contribution in [0.2, 0.25) is 0 Å². The van der Waals surface area contributed by atoms with Crippen LogP contribution < -0.4 is 16.2 Å². The molecule has 1 aromatic heterocycles. The van der Waals surface area contributed by atoms with Crippen molar-refractivity contribution in [1.29, 1.82) is 0 Å². The van der Waals surface area contributed by atoms with Gasteiger partial charge in [0.05, 0.1) is 0 Å². The van der Waals surface area contributed by atoms with Crippen molar-refractivity contribution in [1.82, 2.24) is 16.2 Å². The van der Waals surface area contributed by atoms with E-state index >= 15 is 0 Å². The molecule has 0 aliphatic carbocycles. The maximum atomic E-state index is 13.3. The molecule has 0 bridgehead atoms. The number of hydrogen-bond donors (Lipinski definition) is 3. The smallest absolute Gasteiger partial charge is 0.305 e. The van der Waals surface area contributed by atoms with Gasteiger partial charge >= 0.3 is 5.91 Å². The molecule has 0 unspecified atom stereocenters. The summed E-state index contributed by atoms with van der Waals surface area (Å²) in [5.74, 6) is -0.740. The molecule has 7 heteroatoms. The highest BCUT2D eigenvalue weighted by atomic mass is 32.1. The number of hydrazine groups is 1. The normalized spacial score (nSPS) is 11.3. The van der Waals surface area contributed by atoms with Gasteiger partial charge in [-0.05, 0) is 58.1 Å². The Morgan fingerprint density at radius 3 is 2.59 bits per heavy atom. The Morgan fingerprint density at radius 2 is 1.95 bits per heavy atom. The number of carbonyl (C=O) groups is 1. The van der Waals surface area contributed by atoms with Crippen molar-refractivity contribution in [2.45, 2.75) is 33.2 Å². The lowest BCUT2D eigenvalue weighted by Crippen LogP contribution is -2.52. The van der Waals surface area contributed by atoms with Crippen molar-refractivity contribution in [2.75, 3.05) is 0 Å². The number of fused-ring (bicyclic) bond motifs is 1. The monoisotopic (exact) mass is 323 g/mol. The van der Waals surface area contributed by atoms with E-state index in [0.717, 1.165) is 0 Å². The number of aryl methyl sites for hydroxylation is 1. The fraction of sp³-hybridized carbons (Fsp3) is 0.333. The van der Waals surface area contributed by atoms with Gasteiger partial charge in [0.15, 0.2) is 10.9 Å². The minimum atomic E-state index is -0.479. The zero-order valence-corrected chi connectivity index (χ0v) is 13.7. The number of furan rings is 1. The van der Waals surface area contributed by atoms with Crippen molar-refractivity contribution < 1.29 is 13.6 Å². The number of carbonyl (C=O) groups excluding carboxylic acids is 1. The molecule has 22 heavy (non-hydrogen) atoms. The highest BCUT2D eigenvalue weighted by Gasteiger charge is 2.18. The van der Waals surface area contributed by atoms with Gasteiger partial charge in [-0.25, -0.2) is 4.39 Å². The van der Waals surface area contributed by atoms with E-state index in [1.165, 1.54) is 18.2 Å². The van der Waals surface area contributed by atoms with E-state index in [1.807, 2.05) is 20.8 Å². The Labute approximate surface area is 133 Å². The highest BCUT2D eigenvalue weighted by Crippen LogP contribution is 2.25. The van der Waals surface area contributed by atoms with Crippen LogP contribution in [0.3, 0.4) is 0 Å². The van der Waals surface area contributed by atoms with E-state index < -0.39 is 5.91 Å². The van der Waals surface area contributed by atoms with Crippen molar-refractivity contribution in [3.8, 4) is 0 Å². The molecule has 0 aliphatic heterocycles. The van der Waals surface area contributed by atoms with Gasteiger partial charge in [-0.15, -0.1) is 0 Å². The average Bonchev–Trinajstić information content (AvgIpc) is 2.71. The maximum absolute atomic E-state index is 13.3. The van der Waals surface area contributed by atoms with Crippen LogP contribution in [0.5, 0.6) is 0 Å². The number of amides is 1. The van der Waals surface area contributed by atoms with Gasteiger partial charge in [-0.3, -0.25) is 15.6 Å². The van der Waals surface area contributed by atoms with Gasteiger partial charge < -0.3 is 9.73 Å². The van der Waals surface area contributed by atoms with Crippen LogP contribution in [0.1, 0.15) is 36.9 Å². The Hall–Kier alpha value is -2.15. The SMILES string of the molecule is Cc1c(C(=O)NNC(=S)NC(C)(C)C)oc2ccc(F)cc12. The van der Waals surface area contributed by atoms with Gasteiger partial charge in [-0.1, -0.05) is 0 Å². The predicted molar refractivity (Wildman–Crippen MR) is 87.0 cm³/mol. The summed E-state index contributed by atoms with van der Waals surface area (Å²) < 4.78 is 18.7. The van der Waals surface area contributed by atoms with Gasteiger partial charge in [0.25, 0.3) is 0 Å². The summed E-state index contributed by atoms with van der Waals surface area (Å²) in [7, 11) is 0. The van der Waals surface area contributed by atoms with E-state index in [9.17, 15) is 9.18 Å². The van der Waals surface area contributed by atoms with E-state index in [0.29, 0.717) is 21.6 Å². The molecule has 3 N–H and O–H groups in total. The Morgan fingerprint density at radius 1 is 1.27 bits per heavy atom. The summed E-state index contributed by atoms with van der Waals surface area (Å²) in [4.78, 5) is 12.1. The molecule has 5 nitrogen and oxygen atoms in total. The molecule has 0 fully saturated rings. The molecule has 2 aromatic rings. The summed E-state index contributed by atoms with van der Waals surface area (Å²) in [6.07, 6.45) is 0. The molecule has 0 saturated carbocycles. The number of halogens is 1. The molecule has 0 atom stereocenters. The Balaban J connectivity index is 2.10. The molecule has 0 aliphatic rings. The first-order valence-electron chi connectivity index (χ1n) is 6.74.